The second kappa shape index (κ2) is 22.1. The third-order valence-electron chi connectivity index (χ3n) is 0.0913. The minimum atomic E-state index is 1.18. The maximum Gasteiger partial charge on any atom is 0.0905 e. The van der Waals surface area contributed by atoms with Gasteiger partial charge in [-0.3, -0.25) is 0 Å². The lowest BCUT2D eigenvalue weighted by molar-refractivity contribution is 1.49. The summed E-state index contributed by atoms with van der Waals surface area (Å²) in [6.07, 6.45) is 1.18. The van der Waals surface area contributed by atoms with Crippen molar-refractivity contribution >= 4 is 0 Å². The maximum absolute atomic E-state index is 7.51. The molecule has 0 aliphatic rings. The van der Waals surface area contributed by atoms with Gasteiger partial charge in [-0.05, 0) is 0 Å². The Hall–Kier alpha value is -1.28. The molecule has 0 aliphatic heterocycles. The van der Waals surface area contributed by atoms with Crippen LogP contribution in [-0.4, -0.2) is 0 Å². The Labute approximate surface area is 43.3 Å². The fourth-order valence-corrected chi connectivity index (χ4v) is 0. The van der Waals surface area contributed by atoms with Gasteiger partial charge in [0.2, 0.25) is 0 Å². The number of hydrogen-bond donors (Lipinski definition) is 0. The van der Waals surface area contributed by atoms with Crippen molar-refractivity contribution in [2.75, 3.05) is 0 Å². The average Bonchev–Trinajstić information content (AvgIpc) is 1.69. The van der Waals surface area contributed by atoms with Crippen LogP contribution in [-0.2, 0) is 0 Å². The molecule has 0 saturated carbocycles. The number of allylic oxidation sites excluding steroid dienone is 1. The summed E-state index contributed by atoms with van der Waals surface area (Å²) in [6, 6.07) is 3.44. The van der Waals surface area contributed by atoms with E-state index in [1.165, 1.54) is 13.0 Å². The number of nitrogens with zero attached hydrogens (tertiary/aromatic N) is 2. The summed E-state index contributed by atoms with van der Waals surface area (Å²) in [6.45, 7) is 4.55. The SMILES string of the molecule is C=CC#N.CC#N. The Bertz CT molecular complexity index is 102. The Morgan fingerprint density at radius 2 is 1.71 bits per heavy atom. The van der Waals surface area contributed by atoms with Crippen LogP contribution in [0, 0.1) is 22.7 Å². The van der Waals surface area contributed by atoms with E-state index in [9.17, 15) is 0 Å². The van der Waals surface area contributed by atoms with E-state index >= 15 is 0 Å². The fraction of sp³-hybridized carbons (Fsp3) is 0.200. The summed E-state index contributed by atoms with van der Waals surface area (Å²) in [7, 11) is 0. The average molecular weight is 94.1 g/mol. The van der Waals surface area contributed by atoms with Crippen LogP contribution in [0.25, 0.3) is 0 Å². The minimum Gasteiger partial charge on any atom is -0.199 e. The van der Waals surface area contributed by atoms with Crippen LogP contribution in [0.1, 0.15) is 6.92 Å². The molecule has 0 aliphatic carbocycles. The summed E-state index contributed by atoms with van der Waals surface area (Å²) >= 11 is 0. The van der Waals surface area contributed by atoms with Crippen LogP contribution in [0.3, 0.4) is 0 Å². The standard InChI is InChI=1S/C3H3N.C2H3N/c1-2-3-4;1-2-3/h2H,1H2;1H3. The van der Waals surface area contributed by atoms with E-state index in [4.69, 9.17) is 10.5 Å². The number of rotatable bonds is 0. The smallest absolute Gasteiger partial charge is 0.0905 e. The van der Waals surface area contributed by atoms with Gasteiger partial charge in [-0.15, -0.1) is 0 Å². The van der Waals surface area contributed by atoms with E-state index in [0.717, 1.165) is 0 Å². The van der Waals surface area contributed by atoms with Crippen LogP contribution in [0.2, 0.25) is 0 Å². The molecule has 0 spiro atoms. The van der Waals surface area contributed by atoms with Crippen molar-refractivity contribution in [2.24, 2.45) is 0 Å². The quantitative estimate of drug-likeness (QED) is 0.424. The first-order valence-corrected chi connectivity index (χ1v) is 1.64. The predicted molar refractivity (Wildman–Crippen MR) is 27.1 cm³/mol. The van der Waals surface area contributed by atoms with Gasteiger partial charge in [-0.2, -0.15) is 10.5 Å². The number of nitriles is 2. The molecule has 0 aromatic rings. The largest absolute Gasteiger partial charge is 0.199 e. The fourth-order valence-electron chi connectivity index (χ4n) is 0. The predicted octanol–water partition coefficient (Wildman–Crippen LogP) is 1.23. The molecule has 2 nitrogen and oxygen atoms in total. The molecule has 0 atom stereocenters. The van der Waals surface area contributed by atoms with E-state index in [-0.39, 0.29) is 0 Å². The lowest BCUT2D eigenvalue weighted by Gasteiger charge is -1.31. The lowest BCUT2D eigenvalue weighted by Crippen LogP contribution is -1.23. The van der Waals surface area contributed by atoms with E-state index in [0.29, 0.717) is 0 Å². The monoisotopic (exact) mass is 94.1 g/mol. The molecule has 0 radical (unpaired) electrons. The molecular formula is C5H6N2. The van der Waals surface area contributed by atoms with Crippen LogP contribution in [0.4, 0.5) is 0 Å². The van der Waals surface area contributed by atoms with Gasteiger partial charge in [0.25, 0.3) is 0 Å². The highest BCUT2D eigenvalue weighted by atomic mass is 14.2. The minimum absolute atomic E-state index is 1.18. The molecular weight excluding hydrogens is 88.1 g/mol. The third kappa shape index (κ3) is 445. The van der Waals surface area contributed by atoms with Crippen LogP contribution in [0.15, 0.2) is 12.7 Å². The van der Waals surface area contributed by atoms with Crippen molar-refractivity contribution in [3.63, 3.8) is 0 Å². The highest BCUT2D eigenvalue weighted by molar-refractivity contribution is 4.93. The normalized spacial score (nSPS) is 3.29. The zero-order chi connectivity index (χ0) is 6.12. The first-order valence-electron chi connectivity index (χ1n) is 1.64. The van der Waals surface area contributed by atoms with Gasteiger partial charge < -0.3 is 0 Å². The maximum atomic E-state index is 7.51. The summed E-state index contributed by atoms with van der Waals surface area (Å²) in [4.78, 5) is 0. The Morgan fingerprint density at radius 3 is 1.71 bits per heavy atom. The molecule has 0 N–H and O–H groups in total. The van der Waals surface area contributed by atoms with Crippen molar-refractivity contribution in [3.8, 4) is 12.1 Å². The molecule has 0 aromatic heterocycles. The van der Waals surface area contributed by atoms with E-state index < -0.39 is 0 Å². The van der Waals surface area contributed by atoms with E-state index in [1.807, 2.05) is 0 Å². The number of hydrogen-bond acceptors (Lipinski definition) is 2. The summed E-state index contributed by atoms with van der Waals surface area (Å²) < 4.78 is 0. The topological polar surface area (TPSA) is 47.6 Å². The molecule has 0 saturated heterocycles. The van der Waals surface area contributed by atoms with Gasteiger partial charge in [0.15, 0.2) is 0 Å². The van der Waals surface area contributed by atoms with E-state index in [1.54, 1.807) is 12.1 Å². The van der Waals surface area contributed by atoms with Gasteiger partial charge in [0.05, 0.1) is 12.1 Å². The molecule has 2 heteroatoms. The molecule has 0 rings (SSSR count). The Balaban J connectivity index is 0. The molecule has 0 fully saturated rings. The van der Waals surface area contributed by atoms with Gasteiger partial charge in [-0.1, -0.05) is 6.58 Å². The summed E-state index contributed by atoms with van der Waals surface area (Å²) in [5.74, 6) is 0. The molecule has 0 bridgehead atoms. The van der Waals surface area contributed by atoms with Crippen molar-refractivity contribution in [1.29, 1.82) is 10.5 Å². The summed E-state index contributed by atoms with van der Waals surface area (Å²) in [5.41, 5.74) is 0. The second-order valence-corrected chi connectivity index (χ2v) is 0.557. The first-order chi connectivity index (χ1) is 3.33. The molecule has 0 unspecified atom stereocenters. The van der Waals surface area contributed by atoms with Crippen molar-refractivity contribution in [2.45, 2.75) is 6.92 Å². The summed E-state index contributed by atoms with van der Waals surface area (Å²) in [5, 5.41) is 14.8. The van der Waals surface area contributed by atoms with Crippen molar-refractivity contribution < 1.29 is 0 Å². The van der Waals surface area contributed by atoms with Crippen LogP contribution < -0.4 is 0 Å². The molecule has 36 valence electrons. The Kier molecular flexibility index (Phi) is 29.0. The highest BCUT2D eigenvalue weighted by Crippen LogP contribution is 1.41. The molecule has 0 amide bonds. The molecule has 0 heterocycles. The third-order valence-corrected chi connectivity index (χ3v) is 0.0913. The van der Waals surface area contributed by atoms with E-state index in [2.05, 4.69) is 6.58 Å². The molecule has 7 heavy (non-hydrogen) atoms. The lowest BCUT2D eigenvalue weighted by atomic mass is 10.8. The first kappa shape index (κ1) is 9.21. The van der Waals surface area contributed by atoms with Crippen LogP contribution >= 0.6 is 0 Å². The van der Waals surface area contributed by atoms with Gasteiger partial charge >= 0.3 is 0 Å². The highest BCUT2D eigenvalue weighted by Gasteiger charge is 1.34. The Morgan fingerprint density at radius 1 is 1.57 bits per heavy atom. The van der Waals surface area contributed by atoms with Crippen LogP contribution in [0.5, 0.6) is 0 Å². The van der Waals surface area contributed by atoms with Crippen molar-refractivity contribution in [1.82, 2.24) is 0 Å². The van der Waals surface area contributed by atoms with Crippen molar-refractivity contribution in [3.05, 3.63) is 12.7 Å². The van der Waals surface area contributed by atoms with Gasteiger partial charge in [0, 0.05) is 13.0 Å². The zero-order valence-electron chi connectivity index (χ0n) is 4.18. The zero-order valence-corrected chi connectivity index (χ0v) is 4.18. The second-order valence-electron chi connectivity index (χ2n) is 0.557. The molecule has 0 aromatic carbocycles. The van der Waals surface area contributed by atoms with Gasteiger partial charge in [-0.25, -0.2) is 0 Å². The van der Waals surface area contributed by atoms with Gasteiger partial charge in [0.1, 0.15) is 0 Å².